The van der Waals surface area contributed by atoms with Crippen molar-refractivity contribution in [3.8, 4) is 5.75 Å². The van der Waals surface area contributed by atoms with Gasteiger partial charge in [-0.1, -0.05) is 86.6 Å². The van der Waals surface area contributed by atoms with Crippen LogP contribution in [0.3, 0.4) is 0 Å². The Labute approximate surface area is 188 Å². The number of likely N-dealkylation sites (N-methyl/N-ethyl adjacent to an activating group) is 1. The topological polar surface area (TPSA) is 38.5 Å². The lowest BCUT2D eigenvalue weighted by Gasteiger charge is -2.17. The number of nitrogens with zero attached hydrogens (tertiary/aromatic N) is 1. The fourth-order valence-corrected chi connectivity index (χ4v) is 3.35. The SMILES string of the molecule is CC/C(=C(\c1ccccc1)c1ccc(OCCN(C)C)cc1)c1ccccc1.CCN. The van der Waals surface area contributed by atoms with Gasteiger partial charge in [-0.15, -0.1) is 0 Å². The Balaban J connectivity index is 0.00000107. The number of nitrogens with two attached hydrogens (primary N) is 1. The number of benzene rings is 3. The van der Waals surface area contributed by atoms with Crippen molar-refractivity contribution in [2.24, 2.45) is 5.73 Å². The molecule has 0 saturated carbocycles. The molecule has 0 amide bonds. The summed E-state index contributed by atoms with van der Waals surface area (Å²) in [6.45, 7) is 6.48. The summed E-state index contributed by atoms with van der Waals surface area (Å²) < 4.78 is 5.87. The van der Waals surface area contributed by atoms with Crippen LogP contribution in [0.4, 0.5) is 0 Å². The second-order valence-corrected chi connectivity index (χ2v) is 7.52. The molecular formula is C28H36N2O. The third kappa shape index (κ3) is 7.71. The van der Waals surface area contributed by atoms with Crippen LogP contribution in [0, 0.1) is 0 Å². The van der Waals surface area contributed by atoms with Crippen molar-refractivity contribution in [2.45, 2.75) is 20.3 Å². The van der Waals surface area contributed by atoms with Gasteiger partial charge in [0.05, 0.1) is 0 Å². The Morgan fingerprint density at radius 1 is 0.742 bits per heavy atom. The van der Waals surface area contributed by atoms with Crippen molar-refractivity contribution in [3.63, 3.8) is 0 Å². The number of hydrogen-bond donors (Lipinski definition) is 1. The van der Waals surface area contributed by atoms with E-state index in [-0.39, 0.29) is 0 Å². The summed E-state index contributed by atoms with van der Waals surface area (Å²) in [5, 5.41) is 0. The molecule has 0 fully saturated rings. The van der Waals surface area contributed by atoms with E-state index in [2.05, 4.69) is 111 Å². The van der Waals surface area contributed by atoms with Gasteiger partial charge in [-0.25, -0.2) is 0 Å². The van der Waals surface area contributed by atoms with E-state index in [1.54, 1.807) is 0 Å². The highest BCUT2D eigenvalue weighted by Gasteiger charge is 2.13. The summed E-state index contributed by atoms with van der Waals surface area (Å²) in [6, 6.07) is 29.8. The minimum atomic E-state index is 0.692. The maximum atomic E-state index is 5.87. The van der Waals surface area contributed by atoms with E-state index in [0.717, 1.165) is 25.3 Å². The first-order valence-corrected chi connectivity index (χ1v) is 11.0. The number of allylic oxidation sites excluding steroid dienone is 1. The van der Waals surface area contributed by atoms with Crippen LogP contribution in [0.1, 0.15) is 37.0 Å². The van der Waals surface area contributed by atoms with Crippen LogP contribution in [0.5, 0.6) is 5.75 Å². The van der Waals surface area contributed by atoms with Gasteiger partial charge in [0.25, 0.3) is 0 Å². The monoisotopic (exact) mass is 416 g/mol. The molecule has 31 heavy (non-hydrogen) atoms. The second-order valence-electron chi connectivity index (χ2n) is 7.52. The molecule has 0 spiro atoms. The van der Waals surface area contributed by atoms with Crippen molar-refractivity contribution < 1.29 is 4.74 Å². The molecular weight excluding hydrogens is 380 g/mol. The molecule has 164 valence electrons. The van der Waals surface area contributed by atoms with Gasteiger partial charge in [-0.2, -0.15) is 0 Å². The fraction of sp³-hybridized carbons (Fsp3) is 0.286. The van der Waals surface area contributed by atoms with Crippen molar-refractivity contribution >= 4 is 11.1 Å². The lowest BCUT2D eigenvalue weighted by atomic mass is 9.88. The zero-order valence-corrected chi connectivity index (χ0v) is 19.3. The Bertz CT molecular complexity index is 901. The fourth-order valence-electron chi connectivity index (χ4n) is 3.35. The van der Waals surface area contributed by atoms with Crippen LogP contribution in [0.2, 0.25) is 0 Å². The Morgan fingerprint density at radius 3 is 1.71 bits per heavy atom. The Hall–Kier alpha value is -2.88. The molecule has 0 atom stereocenters. The molecule has 3 aromatic rings. The molecule has 3 rings (SSSR count). The predicted molar refractivity (Wildman–Crippen MR) is 134 cm³/mol. The van der Waals surface area contributed by atoms with E-state index in [1.807, 2.05) is 6.92 Å². The van der Waals surface area contributed by atoms with Gasteiger partial charge in [-0.3, -0.25) is 0 Å². The van der Waals surface area contributed by atoms with E-state index >= 15 is 0 Å². The van der Waals surface area contributed by atoms with Crippen molar-refractivity contribution in [3.05, 3.63) is 102 Å². The first-order chi connectivity index (χ1) is 15.1. The van der Waals surface area contributed by atoms with E-state index in [4.69, 9.17) is 10.5 Å². The quantitative estimate of drug-likeness (QED) is 0.460. The molecule has 3 aromatic carbocycles. The Morgan fingerprint density at radius 2 is 1.23 bits per heavy atom. The normalized spacial score (nSPS) is 11.4. The third-order valence-corrected chi connectivity index (χ3v) is 4.79. The van der Waals surface area contributed by atoms with Crippen LogP contribution in [-0.2, 0) is 0 Å². The molecule has 0 bridgehead atoms. The molecule has 0 aliphatic heterocycles. The van der Waals surface area contributed by atoms with Gasteiger partial charge in [0.1, 0.15) is 12.4 Å². The van der Waals surface area contributed by atoms with Crippen LogP contribution >= 0.6 is 0 Å². The molecule has 0 aliphatic rings. The first kappa shape index (κ1) is 24.4. The maximum absolute atomic E-state index is 5.87. The van der Waals surface area contributed by atoms with E-state index < -0.39 is 0 Å². The van der Waals surface area contributed by atoms with Gasteiger partial charge < -0.3 is 15.4 Å². The predicted octanol–water partition coefficient (Wildman–Crippen LogP) is 5.96. The number of hydrogen-bond acceptors (Lipinski definition) is 3. The Kier molecular flexibility index (Phi) is 10.6. The van der Waals surface area contributed by atoms with Gasteiger partial charge in [0.2, 0.25) is 0 Å². The molecule has 0 radical (unpaired) electrons. The van der Waals surface area contributed by atoms with Crippen molar-refractivity contribution in [1.82, 2.24) is 4.90 Å². The third-order valence-electron chi connectivity index (χ3n) is 4.79. The maximum Gasteiger partial charge on any atom is 0.119 e. The average Bonchev–Trinajstić information content (AvgIpc) is 2.79. The molecule has 3 nitrogen and oxygen atoms in total. The molecule has 0 aromatic heterocycles. The molecule has 3 heteroatoms. The minimum Gasteiger partial charge on any atom is -0.492 e. The smallest absolute Gasteiger partial charge is 0.119 e. The highest BCUT2D eigenvalue weighted by Crippen LogP contribution is 2.34. The molecule has 0 saturated heterocycles. The van der Waals surface area contributed by atoms with Crippen molar-refractivity contribution in [1.29, 1.82) is 0 Å². The van der Waals surface area contributed by atoms with E-state index in [1.165, 1.54) is 27.8 Å². The van der Waals surface area contributed by atoms with Gasteiger partial charge in [-0.05, 0) is 67.0 Å². The van der Waals surface area contributed by atoms with Crippen molar-refractivity contribution in [2.75, 3.05) is 33.8 Å². The summed E-state index contributed by atoms with van der Waals surface area (Å²) in [5.41, 5.74) is 11.2. The summed E-state index contributed by atoms with van der Waals surface area (Å²) in [6.07, 6.45) is 0.968. The van der Waals surface area contributed by atoms with Crippen LogP contribution in [-0.4, -0.2) is 38.7 Å². The minimum absolute atomic E-state index is 0.692. The standard InChI is InChI=1S/C26H29NO.C2H7N/c1-4-25(21-11-7-5-8-12-21)26(22-13-9-6-10-14-22)23-15-17-24(18-16-23)28-20-19-27(2)3;1-2-3/h5-18H,4,19-20H2,1-3H3;2-3H2,1H3/b26-25-;. The lowest BCUT2D eigenvalue weighted by Crippen LogP contribution is -2.19. The molecule has 0 aliphatic carbocycles. The van der Waals surface area contributed by atoms with Gasteiger partial charge >= 0.3 is 0 Å². The van der Waals surface area contributed by atoms with Gasteiger partial charge in [0.15, 0.2) is 0 Å². The first-order valence-electron chi connectivity index (χ1n) is 11.0. The molecule has 0 heterocycles. The zero-order valence-electron chi connectivity index (χ0n) is 19.3. The van der Waals surface area contributed by atoms with Gasteiger partial charge in [0, 0.05) is 6.54 Å². The number of rotatable bonds is 8. The largest absolute Gasteiger partial charge is 0.492 e. The lowest BCUT2D eigenvalue weighted by molar-refractivity contribution is 0.261. The van der Waals surface area contributed by atoms with Crippen LogP contribution in [0.15, 0.2) is 84.9 Å². The van der Waals surface area contributed by atoms with Crippen LogP contribution < -0.4 is 10.5 Å². The molecule has 2 N–H and O–H groups in total. The highest BCUT2D eigenvalue weighted by molar-refractivity contribution is 5.98. The number of ether oxygens (including phenoxy) is 1. The second kappa shape index (κ2) is 13.4. The summed E-state index contributed by atoms with van der Waals surface area (Å²) in [4.78, 5) is 2.12. The molecule has 0 unspecified atom stereocenters. The summed E-state index contributed by atoms with van der Waals surface area (Å²) in [5.74, 6) is 0.913. The van der Waals surface area contributed by atoms with E-state index in [9.17, 15) is 0 Å². The average molecular weight is 417 g/mol. The van der Waals surface area contributed by atoms with Crippen LogP contribution in [0.25, 0.3) is 11.1 Å². The summed E-state index contributed by atoms with van der Waals surface area (Å²) >= 11 is 0. The zero-order chi connectivity index (χ0) is 22.5. The summed E-state index contributed by atoms with van der Waals surface area (Å²) in [7, 11) is 4.11. The van der Waals surface area contributed by atoms with E-state index in [0.29, 0.717) is 6.61 Å². The highest BCUT2D eigenvalue weighted by atomic mass is 16.5.